The molecule has 4 unspecified atom stereocenters. The van der Waals surface area contributed by atoms with E-state index >= 15 is 0 Å². The Morgan fingerprint density at radius 3 is 2.42 bits per heavy atom. The molecule has 142 valence electrons. The fourth-order valence-electron chi connectivity index (χ4n) is 5.44. The number of nitrogens with two attached hydrogens (primary N) is 1. The van der Waals surface area contributed by atoms with Crippen molar-refractivity contribution >= 4 is 5.91 Å². The Hall–Kier alpha value is -1.39. The second kappa shape index (κ2) is 8.10. The lowest BCUT2D eigenvalue weighted by atomic mass is 9.84. The maximum Gasteiger partial charge on any atom is 0.225 e. The van der Waals surface area contributed by atoms with Crippen molar-refractivity contribution in [2.75, 3.05) is 13.1 Å². The fraction of sp³-hybridized carbons (Fsp3) is 0.682. The first-order chi connectivity index (χ1) is 12.7. The number of likely N-dealkylation sites (tertiary alicyclic amines) is 1. The minimum Gasteiger partial charge on any atom is -0.352 e. The third kappa shape index (κ3) is 3.81. The van der Waals surface area contributed by atoms with Crippen molar-refractivity contribution in [3.63, 3.8) is 0 Å². The molecule has 1 saturated heterocycles. The third-order valence-corrected chi connectivity index (χ3v) is 6.95. The van der Waals surface area contributed by atoms with Crippen LogP contribution in [-0.2, 0) is 17.9 Å². The zero-order chi connectivity index (χ0) is 17.9. The van der Waals surface area contributed by atoms with Gasteiger partial charge >= 0.3 is 0 Å². The first-order valence-electron chi connectivity index (χ1n) is 10.5. The predicted molar refractivity (Wildman–Crippen MR) is 104 cm³/mol. The van der Waals surface area contributed by atoms with Crippen molar-refractivity contribution in [1.82, 2.24) is 10.2 Å². The number of rotatable bonds is 5. The highest BCUT2D eigenvalue weighted by atomic mass is 16.1. The Bertz CT molecular complexity index is 622. The topological polar surface area (TPSA) is 58.4 Å². The van der Waals surface area contributed by atoms with Gasteiger partial charge in [-0.05, 0) is 68.2 Å². The van der Waals surface area contributed by atoms with Crippen LogP contribution in [0.25, 0.3) is 0 Å². The summed E-state index contributed by atoms with van der Waals surface area (Å²) in [4.78, 5) is 15.3. The van der Waals surface area contributed by atoms with Gasteiger partial charge in [-0.2, -0.15) is 0 Å². The van der Waals surface area contributed by atoms with Crippen molar-refractivity contribution in [3.8, 4) is 0 Å². The first-order valence-corrected chi connectivity index (χ1v) is 10.5. The highest BCUT2D eigenvalue weighted by molar-refractivity contribution is 5.80. The van der Waals surface area contributed by atoms with Crippen LogP contribution in [0, 0.1) is 17.8 Å². The van der Waals surface area contributed by atoms with Crippen molar-refractivity contribution in [1.29, 1.82) is 0 Å². The minimum absolute atomic E-state index is 0.0338. The maximum absolute atomic E-state index is 12.8. The molecule has 2 saturated carbocycles. The molecular weight excluding hydrogens is 322 g/mol. The molecule has 1 aromatic carbocycles. The van der Waals surface area contributed by atoms with Gasteiger partial charge < -0.3 is 11.1 Å². The number of amides is 1. The smallest absolute Gasteiger partial charge is 0.225 e. The van der Waals surface area contributed by atoms with Crippen LogP contribution in [0.4, 0.5) is 0 Å². The van der Waals surface area contributed by atoms with Gasteiger partial charge in [-0.3, -0.25) is 9.69 Å². The summed E-state index contributed by atoms with van der Waals surface area (Å²) in [6.45, 7) is 4.02. The second-order valence-electron chi connectivity index (χ2n) is 8.61. The maximum atomic E-state index is 12.8. The molecule has 3 N–H and O–H groups in total. The zero-order valence-corrected chi connectivity index (χ0v) is 15.8. The van der Waals surface area contributed by atoms with Crippen LogP contribution >= 0.6 is 0 Å². The van der Waals surface area contributed by atoms with E-state index in [1.807, 2.05) is 0 Å². The Kier molecular flexibility index (Phi) is 5.60. The molecule has 0 radical (unpaired) electrons. The quantitative estimate of drug-likeness (QED) is 0.853. The van der Waals surface area contributed by atoms with Gasteiger partial charge in [-0.25, -0.2) is 0 Å². The second-order valence-corrected chi connectivity index (χ2v) is 8.61. The summed E-state index contributed by atoms with van der Waals surface area (Å²) in [5.41, 5.74) is 8.94. The molecule has 1 aromatic rings. The molecule has 1 amide bonds. The van der Waals surface area contributed by atoms with Crippen molar-refractivity contribution in [3.05, 3.63) is 35.4 Å². The first kappa shape index (κ1) is 18.0. The van der Waals surface area contributed by atoms with E-state index in [-0.39, 0.29) is 17.9 Å². The van der Waals surface area contributed by atoms with E-state index in [9.17, 15) is 4.79 Å². The number of carbonyl (C=O) groups is 1. The van der Waals surface area contributed by atoms with E-state index in [0.717, 1.165) is 13.0 Å². The van der Waals surface area contributed by atoms with Crippen molar-refractivity contribution < 1.29 is 4.79 Å². The standard InChI is InChI=1S/C22H33N3O/c23-21-17-10-9-16(13-17)20(21)22(26)24-14-18-7-3-4-8-19(18)15-25-11-5-1-2-6-12-25/h3-4,7-8,16-17,20-21H,1-2,5-6,9-15,23H2,(H,24,26). The van der Waals surface area contributed by atoms with E-state index < -0.39 is 0 Å². The monoisotopic (exact) mass is 355 g/mol. The summed E-state index contributed by atoms with van der Waals surface area (Å²) in [5.74, 6) is 1.30. The fourth-order valence-corrected chi connectivity index (χ4v) is 5.44. The summed E-state index contributed by atoms with van der Waals surface area (Å²) in [6.07, 6.45) is 8.89. The van der Waals surface area contributed by atoms with Crippen LogP contribution in [0.15, 0.2) is 24.3 Å². The molecule has 26 heavy (non-hydrogen) atoms. The molecule has 3 fully saturated rings. The van der Waals surface area contributed by atoms with Crippen LogP contribution in [0.1, 0.15) is 56.1 Å². The van der Waals surface area contributed by atoms with Gasteiger partial charge in [-0.1, -0.05) is 37.1 Å². The number of hydrogen-bond acceptors (Lipinski definition) is 3. The molecule has 4 nitrogen and oxygen atoms in total. The largest absolute Gasteiger partial charge is 0.352 e. The van der Waals surface area contributed by atoms with Gasteiger partial charge in [0, 0.05) is 19.1 Å². The summed E-state index contributed by atoms with van der Waals surface area (Å²) >= 11 is 0. The van der Waals surface area contributed by atoms with Gasteiger partial charge in [0.1, 0.15) is 0 Å². The van der Waals surface area contributed by atoms with Crippen LogP contribution in [0.2, 0.25) is 0 Å². The third-order valence-electron chi connectivity index (χ3n) is 6.95. The predicted octanol–water partition coefficient (Wildman–Crippen LogP) is 3.05. The molecule has 0 aromatic heterocycles. The Labute approximate surface area is 157 Å². The van der Waals surface area contributed by atoms with E-state index in [2.05, 4.69) is 34.5 Å². The lowest BCUT2D eigenvalue weighted by Gasteiger charge is -2.27. The summed E-state index contributed by atoms with van der Waals surface area (Å²) in [6, 6.07) is 8.64. The summed E-state index contributed by atoms with van der Waals surface area (Å²) in [5, 5.41) is 3.21. The zero-order valence-electron chi connectivity index (χ0n) is 15.8. The van der Waals surface area contributed by atoms with Crippen LogP contribution in [0.5, 0.6) is 0 Å². The number of hydrogen-bond donors (Lipinski definition) is 2. The van der Waals surface area contributed by atoms with Gasteiger partial charge in [0.25, 0.3) is 0 Å². The molecule has 0 spiro atoms. The number of nitrogens with zero attached hydrogens (tertiary/aromatic N) is 1. The average Bonchev–Trinajstić information content (AvgIpc) is 3.14. The molecule has 3 aliphatic rings. The van der Waals surface area contributed by atoms with Gasteiger partial charge in [-0.15, -0.1) is 0 Å². The SMILES string of the molecule is NC1C2CCC(C2)C1C(=O)NCc1ccccc1CN1CCCCCC1. The molecule has 1 heterocycles. The Balaban J connectivity index is 1.36. The molecule has 2 aliphatic carbocycles. The van der Waals surface area contributed by atoms with Crippen LogP contribution in [-0.4, -0.2) is 29.9 Å². The number of fused-ring (bicyclic) bond motifs is 2. The van der Waals surface area contributed by atoms with Gasteiger partial charge in [0.05, 0.1) is 5.92 Å². The van der Waals surface area contributed by atoms with E-state index in [1.54, 1.807) is 0 Å². The number of carbonyl (C=O) groups excluding carboxylic acids is 1. The highest BCUT2D eigenvalue weighted by Crippen LogP contribution is 2.47. The van der Waals surface area contributed by atoms with Gasteiger partial charge in [0.15, 0.2) is 0 Å². The van der Waals surface area contributed by atoms with Crippen LogP contribution < -0.4 is 11.1 Å². The summed E-state index contributed by atoms with van der Waals surface area (Å²) < 4.78 is 0. The summed E-state index contributed by atoms with van der Waals surface area (Å²) in [7, 11) is 0. The van der Waals surface area contributed by atoms with Gasteiger partial charge in [0.2, 0.25) is 5.91 Å². The number of nitrogens with one attached hydrogen (secondary N) is 1. The van der Waals surface area contributed by atoms with Crippen molar-refractivity contribution in [2.24, 2.45) is 23.5 Å². The molecule has 4 rings (SSSR count). The molecule has 4 heteroatoms. The molecule has 2 bridgehead atoms. The Morgan fingerprint density at radius 2 is 1.73 bits per heavy atom. The van der Waals surface area contributed by atoms with E-state index in [0.29, 0.717) is 18.4 Å². The lowest BCUT2D eigenvalue weighted by molar-refractivity contribution is -0.127. The minimum atomic E-state index is 0.0338. The average molecular weight is 356 g/mol. The lowest BCUT2D eigenvalue weighted by Crippen LogP contribution is -2.45. The van der Waals surface area contributed by atoms with Crippen LogP contribution in [0.3, 0.4) is 0 Å². The molecular formula is C22H33N3O. The normalized spacial score (nSPS) is 31.7. The van der Waals surface area contributed by atoms with Crippen molar-refractivity contribution in [2.45, 2.75) is 64.1 Å². The molecule has 4 atom stereocenters. The molecule has 1 aliphatic heterocycles. The van der Waals surface area contributed by atoms with E-state index in [1.165, 1.54) is 62.7 Å². The highest BCUT2D eigenvalue weighted by Gasteiger charge is 2.48. The Morgan fingerprint density at radius 1 is 1.04 bits per heavy atom. The van der Waals surface area contributed by atoms with E-state index in [4.69, 9.17) is 5.73 Å². The number of benzene rings is 1.